The summed E-state index contributed by atoms with van der Waals surface area (Å²) in [7, 11) is 0. The second-order valence-corrected chi connectivity index (χ2v) is 5.39. The maximum absolute atomic E-state index is 12.1. The molecule has 0 saturated heterocycles. The van der Waals surface area contributed by atoms with Crippen molar-refractivity contribution in [3.05, 3.63) is 34.4 Å². The van der Waals surface area contributed by atoms with E-state index in [-0.39, 0.29) is 22.3 Å². The Bertz CT molecular complexity index is 610. The summed E-state index contributed by atoms with van der Waals surface area (Å²) < 4.78 is 4.58. The van der Waals surface area contributed by atoms with Crippen molar-refractivity contribution in [2.45, 2.75) is 32.1 Å². The average molecular weight is 244 g/mol. The zero-order valence-electron chi connectivity index (χ0n) is 10.2. The number of hydrogen-bond donors (Lipinski definition) is 0. The molecule has 92 valence electrons. The molecule has 0 saturated carbocycles. The van der Waals surface area contributed by atoms with Crippen molar-refractivity contribution in [1.82, 2.24) is 0 Å². The van der Waals surface area contributed by atoms with E-state index in [2.05, 4.69) is 4.74 Å². The lowest BCUT2D eigenvalue weighted by Crippen LogP contribution is -2.29. The highest BCUT2D eigenvalue weighted by atomic mass is 16.6. The first-order chi connectivity index (χ1) is 8.42. The minimum Gasteiger partial charge on any atom is -0.386 e. The number of carbonyl (C=O) groups is 3. The van der Waals surface area contributed by atoms with Gasteiger partial charge in [-0.05, 0) is 23.5 Å². The molecule has 1 aliphatic carbocycles. The fraction of sp³-hybridized carbons (Fsp3) is 0.357. The number of hydrogen-bond acceptors (Lipinski definition) is 4. The second-order valence-electron chi connectivity index (χ2n) is 5.39. The SMILES string of the molecule is CC1(C)CCC(=O)c2c1ccc1c2C(=O)OC1=O. The average Bonchev–Trinajstić information content (AvgIpc) is 2.60. The van der Waals surface area contributed by atoms with Crippen LogP contribution in [0.1, 0.15) is 63.3 Å². The molecule has 0 radical (unpaired) electrons. The highest BCUT2D eigenvalue weighted by molar-refractivity contribution is 6.20. The van der Waals surface area contributed by atoms with Gasteiger partial charge in [-0.15, -0.1) is 0 Å². The van der Waals surface area contributed by atoms with Crippen molar-refractivity contribution in [2.24, 2.45) is 0 Å². The van der Waals surface area contributed by atoms with Gasteiger partial charge in [0.25, 0.3) is 0 Å². The van der Waals surface area contributed by atoms with E-state index in [1.54, 1.807) is 12.1 Å². The van der Waals surface area contributed by atoms with E-state index in [4.69, 9.17) is 0 Å². The van der Waals surface area contributed by atoms with E-state index < -0.39 is 11.9 Å². The standard InChI is InChI=1S/C14H12O4/c1-14(2)6-5-9(15)11-8(14)4-3-7-10(11)13(17)18-12(7)16/h3-4H,5-6H2,1-2H3. The van der Waals surface area contributed by atoms with Crippen LogP contribution in [0.3, 0.4) is 0 Å². The first kappa shape index (κ1) is 11.1. The topological polar surface area (TPSA) is 60.4 Å². The highest BCUT2D eigenvalue weighted by Crippen LogP contribution is 2.40. The third-order valence-electron chi connectivity index (χ3n) is 3.80. The molecule has 1 aliphatic heterocycles. The van der Waals surface area contributed by atoms with Crippen molar-refractivity contribution in [1.29, 1.82) is 0 Å². The van der Waals surface area contributed by atoms with Crippen LogP contribution >= 0.6 is 0 Å². The van der Waals surface area contributed by atoms with E-state index in [0.717, 1.165) is 12.0 Å². The molecule has 0 spiro atoms. The number of ketones is 1. The molecular formula is C14H12O4. The van der Waals surface area contributed by atoms with Gasteiger partial charge in [0, 0.05) is 12.0 Å². The Kier molecular flexibility index (Phi) is 2.03. The Balaban J connectivity index is 2.37. The molecule has 3 rings (SSSR count). The van der Waals surface area contributed by atoms with Gasteiger partial charge < -0.3 is 4.74 Å². The normalized spacial score (nSPS) is 20.4. The second kappa shape index (κ2) is 3.28. The summed E-state index contributed by atoms with van der Waals surface area (Å²) in [6, 6.07) is 3.35. The third kappa shape index (κ3) is 1.29. The van der Waals surface area contributed by atoms with Crippen LogP contribution in [0.25, 0.3) is 0 Å². The van der Waals surface area contributed by atoms with E-state index in [1.807, 2.05) is 13.8 Å². The van der Waals surface area contributed by atoms with Crippen LogP contribution < -0.4 is 0 Å². The summed E-state index contributed by atoms with van der Waals surface area (Å²) in [5.41, 5.74) is 1.44. The van der Waals surface area contributed by atoms with Gasteiger partial charge in [-0.25, -0.2) is 9.59 Å². The maximum atomic E-state index is 12.1. The quantitative estimate of drug-likeness (QED) is 0.518. The predicted octanol–water partition coefficient (Wildman–Crippen LogP) is 2.25. The number of esters is 2. The number of carbonyl (C=O) groups excluding carboxylic acids is 3. The van der Waals surface area contributed by atoms with Gasteiger partial charge in [0.1, 0.15) is 0 Å². The molecule has 0 N–H and O–H groups in total. The van der Waals surface area contributed by atoms with Crippen molar-refractivity contribution in [3.63, 3.8) is 0 Å². The van der Waals surface area contributed by atoms with Crippen molar-refractivity contribution in [2.75, 3.05) is 0 Å². The molecule has 0 fully saturated rings. The predicted molar refractivity (Wildman–Crippen MR) is 62.8 cm³/mol. The molecule has 1 aromatic rings. The third-order valence-corrected chi connectivity index (χ3v) is 3.80. The summed E-state index contributed by atoms with van der Waals surface area (Å²) in [6.45, 7) is 4.07. The number of fused-ring (bicyclic) bond motifs is 3. The molecule has 0 atom stereocenters. The van der Waals surface area contributed by atoms with Crippen LogP contribution in [-0.4, -0.2) is 17.7 Å². The molecule has 4 nitrogen and oxygen atoms in total. The first-order valence-corrected chi connectivity index (χ1v) is 5.89. The van der Waals surface area contributed by atoms with Gasteiger partial charge in [-0.2, -0.15) is 0 Å². The summed E-state index contributed by atoms with van der Waals surface area (Å²) >= 11 is 0. The van der Waals surface area contributed by atoms with Gasteiger partial charge in [0.15, 0.2) is 5.78 Å². The van der Waals surface area contributed by atoms with Crippen molar-refractivity contribution in [3.8, 4) is 0 Å². The molecule has 4 heteroatoms. The van der Waals surface area contributed by atoms with Crippen LogP contribution in [0.2, 0.25) is 0 Å². The largest absolute Gasteiger partial charge is 0.386 e. The van der Waals surface area contributed by atoms with Crippen LogP contribution in [0.4, 0.5) is 0 Å². The maximum Gasteiger partial charge on any atom is 0.347 e. The van der Waals surface area contributed by atoms with E-state index in [9.17, 15) is 14.4 Å². The summed E-state index contributed by atoms with van der Waals surface area (Å²) in [6.07, 6.45) is 1.15. The molecule has 18 heavy (non-hydrogen) atoms. The van der Waals surface area contributed by atoms with E-state index in [0.29, 0.717) is 12.0 Å². The minimum absolute atomic E-state index is 0.0761. The minimum atomic E-state index is -0.696. The summed E-state index contributed by atoms with van der Waals surface area (Å²) in [4.78, 5) is 35.3. The number of benzene rings is 1. The van der Waals surface area contributed by atoms with Crippen LogP contribution in [0, 0.1) is 0 Å². The van der Waals surface area contributed by atoms with Crippen molar-refractivity contribution < 1.29 is 19.1 Å². The van der Waals surface area contributed by atoms with Crippen molar-refractivity contribution >= 4 is 17.7 Å². The van der Waals surface area contributed by atoms with Crippen LogP contribution in [0.5, 0.6) is 0 Å². The Morgan fingerprint density at radius 3 is 2.50 bits per heavy atom. The summed E-state index contributed by atoms with van der Waals surface area (Å²) in [5.74, 6) is -1.43. The van der Waals surface area contributed by atoms with Gasteiger partial charge in [0.2, 0.25) is 0 Å². The lowest BCUT2D eigenvalue weighted by atomic mass is 9.70. The monoisotopic (exact) mass is 244 g/mol. The number of rotatable bonds is 0. The molecule has 2 aliphatic rings. The van der Waals surface area contributed by atoms with Gasteiger partial charge >= 0.3 is 11.9 Å². The van der Waals surface area contributed by atoms with Gasteiger partial charge in [-0.1, -0.05) is 19.9 Å². The van der Waals surface area contributed by atoms with Crippen LogP contribution in [0.15, 0.2) is 12.1 Å². The molecule has 0 amide bonds. The van der Waals surface area contributed by atoms with E-state index >= 15 is 0 Å². The Labute approximate surface area is 104 Å². The fourth-order valence-electron chi connectivity index (χ4n) is 2.71. The summed E-state index contributed by atoms with van der Waals surface area (Å²) in [5, 5.41) is 0. The number of Topliss-reactive ketones (excluding diaryl/α,β-unsaturated/α-hetero) is 1. The molecule has 0 aromatic heterocycles. The molecule has 0 bridgehead atoms. The first-order valence-electron chi connectivity index (χ1n) is 5.89. The molecule has 0 unspecified atom stereocenters. The lowest BCUT2D eigenvalue weighted by Gasteiger charge is -2.32. The smallest absolute Gasteiger partial charge is 0.347 e. The Morgan fingerprint density at radius 1 is 1.06 bits per heavy atom. The molecule has 1 aromatic carbocycles. The number of cyclic esters (lactones) is 2. The fourth-order valence-corrected chi connectivity index (χ4v) is 2.71. The van der Waals surface area contributed by atoms with E-state index in [1.165, 1.54) is 0 Å². The van der Waals surface area contributed by atoms with Gasteiger partial charge in [-0.3, -0.25) is 4.79 Å². The highest BCUT2D eigenvalue weighted by Gasteiger charge is 2.40. The Morgan fingerprint density at radius 2 is 1.78 bits per heavy atom. The van der Waals surface area contributed by atoms with Gasteiger partial charge in [0.05, 0.1) is 11.1 Å². The molecular weight excluding hydrogens is 232 g/mol. The lowest BCUT2D eigenvalue weighted by molar-refractivity contribution is 0.0442. The zero-order valence-corrected chi connectivity index (χ0v) is 10.2. The Hall–Kier alpha value is -1.97. The molecule has 1 heterocycles. The van der Waals surface area contributed by atoms with Crippen LogP contribution in [-0.2, 0) is 10.2 Å². The zero-order chi connectivity index (χ0) is 13.1. The number of ether oxygens (including phenoxy) is 1.